The number of hydrogen-bond acceptors (Lipinski definition) is 4. The molecule has 0 atom stereocenters. The highest BCUT2D eigenvalue weighted by molar-refractivity contribution is 4.93. The zero-order chi connectivity index (χ0) is 12.5. The molecule has 0 saturated carbocycles. The Kier molecular flexibility index (Phi) is 5.79. The first-order chi connectivity index (χ1) is 8.24. The van der Waals surface area contributed by atoms with Crippen LogP contribution in [0.25, 0.3) is 0 Å². The minimum Gasteiger partial charge on any atom is -0.261 e. The van der Waals surface area contributed by atoms with Crippen LogP contribution in [0.3, 0.4) is 0 Å². The first-order valence-electron chi connectivity index (χ1n) is 5.75. The molecular weight excluding hydrogens is 212 g/mol. The standard InChI is InChI=1S/C7H10N2.C6H8N2/c1-6(2)7-8-4-3-5-9-7;1-2-6-5-7-3-4-8-6/h3-6H,1-2H3;3-5H,2H2,1H3. The van der Waals surface area contributed by atoms with E-state index in [0.717, 1.165) is 17.9 Å². The lowest BCUT2D eigenvalue weighted by Crippen LogP contribution is -1.93. The highest BCUT2D eigenvalue weighted by Crippen LogP contribution is 2.04. The molecule has 0 aliphatic heterocycles. The lowest BCUT2D eigenvalue weighted by Gasteiger charge is -1.98. The number of aromatic nitrogens is 4. The smallest absolute Gasteiger partial charge is 0.130 e. The van der Waals surface area contributed by atoms with E-state index < -0.39 is 0 Å². The Labute approximate surface area is 102 Å². The van der Waals surface area contributed by atoms with Gasteiger partial charge >= 0.3 is 0 Å². The molecule has 0 radical (unpaired) electrons. The van der Waals surface area contributed by atoms with E-state index in [0.29, 0.717) is 5.92 Å². The van der Waals surface area contributed by atoms with Gasteiger partial charge in [0.2, 0.25) is 0 Å². The van der Waals surface area contributed by atoms with Crippen LogP contribution in [0.5, 0.6) is 0 Å². The average Bonchev–Trinajstić information content (AvgIpc) is 2.41. The van der Waals surface area contributed by atoms with Crippen LogP contribution < -0.4 is 0 Å². The van der Waals surface area contributed by atoms with Crippen molar-refractivity contribution in [2.45, 2.75) is 33.1 Å². The number of nitrogens with zero attached hydrogens (tertiary/aromatic N) is 4. The van der Waals surface area contributed by atoms with Gasteiger partial charge in [0.05, 0.1) is 5.69 Å². The molecule has 2 rings (SSSR count). The fraction of sp³-hybridized carbons (Fsp3) is 0.385. The van der Waals surface area contributed by atoms with Crippen LogP contribution in [0.2, 0.25) is 0 Å². The Morgan fingerprint density at radius 2 is 1.71 bits per heavy atom. The van der Waals surface area contributed by atoms with Crippen molar-refractivity contribution in [2.24, 2.45) is 0 Å². The van der Waals surface area contributed by atoms with Crippen LogP contribution in [-0.4, -0.2) is 19.9 Å². The Hall–Kier alpha value is -1.84. The van der Waals surface area contributed by atoms with E-state index in [9.17, 15) is 0 Å². The fourth-order valence-electron chi connectivity index (χ4n) is 1.12. The molecule has 0 N–H and O–H groups in total. The van der Waals surface area contributed by atoms with E-state index >= 15 is 0 Å². The summed E-state index contributed by atoms with van der Waals surface area (Å²) in [6, 6.07) is 1.83. The molecule has 4 heteroatoms. The second kappa shape index (κ2) is 7.44. The van der Waals surface area contributed by atoms with Crippen LogP contribution in [0, 0.1) is 0 Å². The summed E-state index contributed by atoms with van der Waals surface area (Å²) in [6.07, 6.45) is 9.66. The van der Waals surface area contributed by atoms with Gasteiger partial charge in [0, 0.05) is 36.9 Å². The Balaban J connectivity index is 0.000000171. The Morgan fingerprint density at radius 3 is 2.06 bits per heavy atom. The third kappa shape index (κ3) is 5.15. The van der Waals surface area contributed by atoms with Crippen molar-refractivity contribution in [3.63, 3.8) is 0 Å². The normalized spacial score (nSPS) is 9.65. The first-order valence-corrected chi connectivity index (χ1v) is 5.75. The molecule has 2 aromatic rings. The SMILES string of the molecule is CC(C)c1ncccn1.CCc1cnccn1. The van der Waals surface area contributed by atoms with E-state index in [4.69, 9.17) is 0 Å². The van der Waals surface area contributed by atoms with Crippen LogP contribution >= 0.6 is 0 Å². The van der Waals surface area contributed by atoms with Crippen molar-refractivity contribution in [1.29, 1.82) is 0 Å². The maximum Gasteiger partial charge on any atom is 0.130 e. The van der Waals surface area contributed by atoms with E-state index in [2.05, 4.69) is 40.7 Å². The highest BCUT2D eigenvalue weighted by Gasteiger charge is 1.97. The maximum atomic E-state index is 4.07. The summed E-state index contributed by atoms with van der Waals surface area (Å²) in [7, 11) is 0. The summed E-state index contributed by atoms with van der Waals surface area (Å²) in [4.78, 5) is 16.1. The molecule has 90 valence electrons. The molecular formula is C13H18N4. The van der Waals surface area contributed by atoms with Gasteiger partial charge in [-0.25, -0.2) is 9.97 Å². The average molecular weight is 230 g/mol. The first kappa shape index (κ1) is 13.2. The highest BCUT2D eigenvalue weighted by atomic mass is 14.9. The number of hydrogen-bond donors (Lipinski definition) is 0. The molecule has 0 saturated heterocycles. The molecule has 4 nitrogen and oxygen atoms in total. The zero-order valence-electron chi connectivity index (χ0n) is 10.5. The maximum absolute atomic E-state index is 4.07. The van der Waals surface area contributed by atoms with Crippen LogP contribution in [0.1, 0.15) is 38.2 Å². The van der Waals surface area contributed by atoms with Gasteiger partial charge in [-0.1, -0.05) is 20.8 Å². The molecule has 0 aliphatic rings. The van der Waals surface area contributed by atoms with Crippen molar-refractivity contribution in [1.82, 2.24) is 19.9 Å². The number of rotatable bonds is 2. The van der Waals surface area contributed by atoms with E-state index in [-0.39, 0.29) is 0 Å². The topological polar surface area (TPSA) is 51.6 Å². The summed E-state index contributed by atoms with van der Waals surface area (Å²) < 4.78 is 0. The van der Waals surface area contributed by atoms with Crippen molar-refractivity contribution in [2.75, 3.05) is 0 Å². The molecule has 0 unspecified atom stereocenters. The third-order valence-electron chi connectivity index (χ3n) is 2.08. The molecule has 0 aliphatic carbocycles. The van der Waals surface area contributed by atoms with Gasteiger partial charge in [0.25, 0.3) is 0 Å². The second-order valence-corrected chi connectivity index (χ2v) is 3.81. The molecule has 0 bridgehead atoms. The predicted octanol–water partition coefficient (Wildman–Crippen LogP) is 2.64. The quantitative estimate of drug-likeness (QED) is 0.795. The van der Waals surface area contributed by atoms with E-state index in [1.165, 1.54) is 0 Å². The summed E-state index contributed by atoms with van der Waals surface area (Å²) in [5, 5.41) is 0. The molecule has 2 aromatic heterocycles. The van der Waals surface area contributed by atoms with Crippen LogP contribution in [-0.2, 0) is 6.42 Å². The molecule has 17 heavy (non-hydrogen) atoms. The van der Waals surface area contributed by atoms with Gasteiger partial charge in [-0.05, 0) is 12.5 Å². The van der Waals surface area contributed by atoms with Crippen molar-refractivity contribution >= 4 is 0 Å². The molecule has 0 amide bonds. The Bertz CT molecular complexity index is 400. The van der Waals surface area contributed by atoms with Crippen molar-refractivity contribution in [3.05, 3.63) is 48.6 Å². The molecule has 2 heterocycles. The summed E-state index contributed by atoms with van der Waals surface area (Å²) in [6.45, 7) is 6.22. The minimum absolute atomic E-state index is 0.436. The third-order valence-corrected chi connectivity index (χ3v) is 2.08. The predicted molar refractivity (Wildman–Crippen MR) is 67.5 cm³/mol. The monoisotopic (exact) mass is 230 g/mol. The summed E-state index contributed by atoms with van der Waals surface area (Å²) in [5.74, 6) is 1.35. The van der Waals surface area contributed by atoms with Gasteiger partial charge in [0.1, 0.15) is 5.82 Å². The van der Waals surface area contributed by atoms with Gasteiger partial charge in [0.15, 0.2) is 0 Å². The summed E-state index contributed by atoms with van der Waals surface area (Å²) >= 11 is 0. The zero-order valence-corrected chi connectivity index (χ0v) is 10.5. The summed E-state index contributed by atoms with van der Waals surface area (Å²) in [5.41, 5.74) is 1.05. The van der Waals surface area contributed by atoms with Gasteiger partial charge in [-0.2, -0.15) is 0 Å². The van der Waals surface area contributed by atoms with Crippen LogP contribution in [0.15, 0.2) is 37.1 Å². The second-order valence-electron chi connectivity index (χ2n) is 3.81. The van der Waals surface area contributed by atoms with Gasteiger partial charge < -0.3 is 0 Å². The van der Waals surface area contributed by atoms with Gasteiger partial charge in [-0.3, -0.25) is 9.97 Å². The van der Waals surface area contributed by atoms with Crippen molar-refractivity contribution < 1.29 is 0 Å². The fourth-order valence-corrected chi connectivity index (χ4v) is 1.12. The molecule has 0 aromatic carbocycles. The van der Waals surface area contributed by atoms with E-state index in [1.54, 1.807) is 31.0 Å². The lowest BCUT2D eigenvalue weighted by atomic mass is 10.2. The lowest BCUT2D eigenvalue weighted by molar-refractivity contribution is 0.774. The molecule has 0 fully saturated rings. The van der Waals surface area contributed by atoms with Crippen LogP contribution in [0.4, 0.5) is 0 Å². The van der Waals surface area contributed by atoms with Crippen molar-refractivity contribution in [3.8, 4) is 0 Å². The largest absolute Gasteiger partial charge is 0.261 e. The minimum atomic E-state index is 0.436. The number of aryl methyl sites for hydroxylation is 1. The molecule has 0 spiro atoms. The van der Waals surface area contributed by atoms with E-state index in [1.807, 2.05) is 6.07 Å². The Morgan fingerprint density at radius 1 is 1.00 bits per heavy atom. The van der Waals surface area contributed by atoms with Gasteiger partial charge in [-0.15, -0.1) is 0 Å².